The van der Waals surface area contributed by atoms with E-state index in [-0.39, 0.29) is 6.10 Å². The average Bonchev–Trinajstić information content (AvgIpc) is 2.43. The summed E-state index contributed by atoms with van der Waals surface area (Å²) in [5, 5.41) is 10.4. The largest absolute Gasteiger partial charge is 0.492 e. The Kier molecular flexibility index (Phi) is 3.69. The molecule has 1 N–H and O–H groups in total. The van der Waals surface area contributed by atoms with Gasteiger partial charge in [0.1, 0.15) is 11.3 Å². The van der Waals surface area contributed by atoms with Crippen LogP contribution in [0.25, 0.3) is 10.9 Å². The highest BCUT2D eigenvalue weighted by Crippen LogP contribution is 2.28. The molecule has 0 unspecified atom stereocenters. The van der Waals surface area contributed by atoms with Crippen LogP contribution in [0.15, 0.2) is 24.5 Å². The van der Waals surface area contributed by atoms with E-state index in [0.29, 0.717) is 13.1 Å². The Morgan fingerprint density at radius 3 is 3.00 bits per heavy atom. The van der Waals surface area contributed by atoms with Gasteiger partial charge in [-0.2, -0.15) is 0 Å². The van der Waals surface area contributed by atoms with Crippen LogP contribution >= 0.6 is 0 Å². The summed E-state index contributed by atoms with van der Waals surface area (Å²) < 4.78 is 5.68. The minimum Gasteiger partial charge on any atom is -0.492 e. The Morgan fingerprint density at radius 1 is 1.40 bits per heavy atom. The van der Waals surface area contributed by atoms with Crippen molar-refractivity contribution >= 4 is 16.7 Å². The van der Waals surface area contributed by atoms with Gasteiger partial charge in [-0.3, -0.25) is 0 Å². The molecule has 0 atom stereocenters. The van der Waals surface area contributed by atoms with Crippen LogP contribution in [0.5, 0.6) is 5.75 Å². The van der Waals surface area contributed by atoms with Crippen LogP contribution in [-0.2, 0) is 0 Å². The Morgan fingerprint density at radius 2 is 2.25 bits per heavy atom. The molecule has 0 aromatic carbocycles. The molecule has 0 saturated carbocycles. The van der Waals surface area contributed by atoms with Gasteiger partial charge in [-0.1, -0.05) is 13.3 Å². The number of aromatic nitrogens is 2. The third-order valence-corrected chi connectivity index (χ3v) is 3.48. The lowest BCUT2D eigenvalue weighted by Crippen LogP contribution is -2.51. The molecule has 0 aliphatic carbocycles. The van der Waals surface area contributed by atoms with Gasteiger partial charge in [0.25, 0.3) is 0 Å². The minimum absolute atomic E-state index is 0.247. The maximum atomic E-state index is 9.41. The summed E-state index contributed by atoms with van der Waals surface area (Å²) in [5.74, 6) is 1.64. The van der Waals surface area contributed by atoms with E-state index in [4.69, 9.17) is 4.74 Å². The molecule has 0 spiro atoms. The lowest BCUT2D eigenvalue weighted by atomic mass is 10.1. The number of fused-ring (bicyclic) bond motifs is 1. The van der Waals surface area contributed by atoms with Crippen LogP contribution in [0, 0.1) is 0 Å². The van der Waals surface area contributed by atoms with Crippen molar-refractivity contribution in [1.82, 2.24) is 9.97 Å². The van der Waals surface area contributed by atoms with E-state index in [1.54, 1.807) is 12.4 Å². The molecule has 20 heavy (non-hydrogen) atoms. The zero-order valence-corrected chi connectivity index (χ0v) is 11.6. The van der Waals surface area contributed by atoms with E-state index >= 15 is 0 Å². The highest BCUT2D eigenvalue weighted by atomic mass is 16.5. The predicted octanol–water partition coefficient (Wildman–Crippen LogP) is 1.99. The van der Waals surface area contributed by atoms with Crippen molar-refractivity contribution < 1.29 is 9.84 Å². The van der Waals surface area contributed by atoms with E-state index in [2.05, 4.69) is 16.9 Å². The summed E-state index contributed by atoms with van der Waals surface area (Å²) in [5.41, 5.74) is 0.863. The van der Waals surface area contributed by atoms with Crippen LogP contribution in [-0.4, -0.2) is 40.9 Å². The number of ether oxygens (including phenoxy) is 1. The second-order valence-electron chi connectivity index (χ2n) is 5.14. The Labute approximate surface area is 118 Å². The molecule has 1 saturated heterocycles. The second-order valence-corrected chi connectivity index (χ2v) is 5.14. The number of aliphatic hydroxyl groups excluding tert-OH is 1. The Bertz CT molecular complexity index is 597. The average molecular weight is 273 g/mol. The molecule has 1 aliphatic heterocycles. The van der Waals surface area contributed by atoms with Crippen molar-refractivity contribution in [3.05, 3.63) is 24.5 Å². The highest BCUT2D eigenvalue weighted by Gasteiger charge is 2.27. The van der Waals surface area contributed by atoms with Crippen molar-refractivity contribution in [3.8, 4) is 5.75 Å². The van der Waals surface area contributed by atoms with Gasteiger partial charge in [0.15, 0.2) is 5.82 Å². The Balaban J connectivity index is 1.84. The highest BCUT2D eigenvalue weighted by molar-refractivity contribution is 5.89. The topological polar surface area (TPSA) is 58.5 Å². The zero-order valence-electron chi connectivity index (χ0n) is 11.6. The predicted molar refractivity (Wildman–Crippen MR) is 78.2 cm³/mol. The van der Waals surface area contributed by atoms with Crippen molar-refractivity contribution in [3.63, 3.8) is 0 Å². The van der Waals surface area contributed by atoms with Gasteiger partial charge >= 0.3 is 0 Å². The Hall–Kier alpha value is -1.88. The summed E-state index contributed by atoms with van der Waals surface area (Å²) in [6.45, 7) is 4.12. The molecule has 3 rings (SSSR count). The fourth-order valence-electron chi connectivity index (χ4n) is 2.30. The SMILES string of the molecule is CCCCOc1cnc2c(N3CC(O)C3)nccc2c1. The molecule has 1 aliphatic rings. The third-order valence-electron chi connectivity index (χ3n) is 3.48. The molecule has 1 fully saturated rings. The molecular formula is C15H19N3O2. The van der Waals surface area contributed by atoms with Gasteiger partial charge in [0, 0.05) is 24.7 Å². The van der Waals surface area contributed by atoms with Crippen LogP contribution < -0.4 is 9.64 Å². The fourth-order valence-corrected chi connectivity index (χ4v) is 2.30. The first kappa shape index (κ1) is 13.1. The van der Waals surface area contributed by atoms with E-state index in [1.807, 2.05) is 17.0 Å². The van der Waals surface area contributed by atoms with Gasteiger partial charge in [0.05, 0.1) is 18.9 Å². The number of unbranched alkanes of at least 4 members (excludes halogenated alkanes) is 1. The third kappa shape index (κ3) is 2.54. The summed E-state index contributed by atoms with van der Waals surface area (Å²) in [7, 11) is 0. The molecule has 106 valence electrons. The smallest absolute Gasteiger partial charge is 0.155 e. The summed E-state index contributed by atoms with van der Waals surface area (Å²) in [4.78, 5) is 10.9. The van der Waals surface area contributed by atoms with Crippen LogP contribution in [0.1, 0.15) is 19.8 Å². The lowest BCUT2D eigenvalue weighted by molar-refractivity contribution is 0.141. The molecule has 5 heteroatoms. The van der Waals surface area contributed by atoms with Gasteiger partial charge in [-0.25, -0.2) is 9.97 Å². The summed E-state index contributed by atoms with van der Waals surface area (Å²) >= 11 is 0. The lowest BCUT2D eigenvalue weighted by Gasteiger charge is -2.37. The van der Waals surface area contributed by atoms with Crippen molar-refractivity contribution in [2.24, 2.45) is 0 Å². The molecule has 0 radical (unpaired) electrons. The fraction of sp³-hybridized carbons (Fsp3) is 0.467. The quantitative estimate of drug-likeness (QED) is 0.844. The standard InChI is InChI=1S/C15H19N3O2/c1-2-3-6-20-13-7-11-4-5-16-15(14(11)17-8-13)18-9-12(19)10-18/h4-5,7-8,12,19H,2-3,6,9-10H2,1H3. The van der Waals surface area contributed by atoms with E-state index in [1.165, 1.54) is 0 Å². The molecule has 3 heterocycles. The zero-order chi connectivity index (χ0) is 13.9. The first-order chi connectivity index (χ1) is 9.78. The number of pyridine rings is 2. The summed E-state index contributed by atoms with van der Waals surface area (Å²) in [6.07, 6.45) is 5.44. The van der Waals surface area contributed by atoms with Crippen LogP contribution in [0.3, 0.4) is 0 Å². The maximum absolute atomic E-state index is 9.41. The molecule has 5 nitrogen and oxygen atoms in total. The van der Waals surface area contributed by atoms with Crippen molar-refractivity contribution in [1.29, 1.82) is 0 Å². The van der Waals surface area contributed by atoms with Gasteiger partial charge in [0.2, 0.25) is 0 Å². The van der Waals surface area contributed by atoms with E-state index in [9.17, 15) is 5.11 Å². The van der Waals surface area contributed by atoms with Crippen molar-refractivity contribution in [2.45, 2.75) is 25.9 Å². The number of hydrogen-bond acceptors (Lipinski definition) is 5. The number of aliphatic hydroxyl groups is 1. The van der Waals surface area contributed by atoms with Gasteiger partial charge in [-0.05, 0) is 18.6 Å². The summed E-state index contributed by atoms with van der Waals surface area (Å²) in [6, 6.07) is 3.94. The second kappa shape index (κ2) is 5.63. The normalized spacial score (nSPS) is 15.4. The van der Waals surface area contributed by atoms with E-state index < -0.39 is 0 Å². The molecular weight excluding hydrogens is 254 g/mol. The van der Waals surface area contributed by atoms with Crippen LogP contribution in [0.4, 0.5) is 5.82 Å². The van der Waals surface area contributed by atoms with Gasteiger partial charge in [-0.15, -0.1) is 0 Å². The molecule has 0 amide bonds. The molecule has 2 aromatic heterocycles. The molecule has 2 aromatic rings. The first-order valence-electron chi connectivity index (χ1n) is 7.08. The number of hydrogen-bond donors (Lipinski definition) is 1. The number of rotatable bonds is 5. The van der Waals surface area contributed by atoms with Gasteiger partial charge < -0.3 is 14.7 Å². The number of β-amino-alcohol motifs (C(OH)–C–C–N with tert-alkyl or cyclic N) is 1. The van der Waals surface area contributed by atoms with Crippen molar-refractivity contribution in [2.75, 3.05) is 24.6 Å². The first-order valence-corrected chi connectivity index (χ1v) is 7.08. The monoisotopic (exact) mass is 273 g/mol. The molecule has 0 bridgehead atoms. The minimum atomic E-state index is -0.247. The number of nitrogens with zero attached hydrogens (tertiary/aromatic N) is 3. The maximum Gasteiger partial charge on any atom is 0.155 e. The van der Waals surface area contributed by atoms with E-state index in [0.717, 1.165) is 41.9 Å². The number of anilines is 1. The van der Waals surface area contributed by atoms with Crippen LogP contribution in [0.2, 0.25) is 0 Å².